The fourth-order valence-electron chi connectivity index (χ4n) is 2.55. The SMILES string of the molecule is CC(C)[C@@H](N)C(=O)N1CCN(c2ccccc2[N+](=O)[O-])CC1.Cl. The second-order valence-electron chi connectivity index (χ2n) is 5.83. The second kappa shape index (κ2) is 8.12. The average Bonchev–Trinajstić information content (AvgIpc) is 2.53. The lowest BCUT2D eigenvalue weighted by Crippen LogP contribution is -2.54. The average molecular weight is 343 g/mol. The van der Waals surface area contributed by atoms with E-state index < -0.39 is 6.04 Å². The summed E-state index contributed by atoms with van der Waals surface area (Å²) in [7, 11) is 0. The molecule has 1 amide bonds. The fraction of sp³-hybridized carbons (Fsp3) is 0.533. The Kier molecular flexibility index (Phi) is 6.78. The van der Waals surface area contributed by atoms with Gasteiger partial charge in [0.1, 0.15) is 5.69 Å². The highest BCUT2D eigenvalue weighted by atomic mass is 35.5. The summed E-state index contributed by atoms with van der Waals surface area (Å²) < 4.78 is 0. The Bertz CT molecular complexity index is 559. The fourth-order valence-corrected chi connectivity index (χ4v) is 2.55. The minimum atomic E-state index is -0.488. The van der Waals surface area contributed by atoms with Crippen molar-refractivity contribution in [2.75, 3.05) is 31.1 Å². The van der Waals surface area contributed by atoms with Gasteiger partial charge in [-0.1, -0.05) is 26.0 Å². The van der Waals surface area contributed by atoms with Crippen molar-refractivity contribution in [1.29, 1.82) is 0 Å². The van der Waals surface area contributed by atoms with Gasteiger partial charge in [0.25, 0.3) is 5.69 Å². The van der Waals surface area contributed by atoms with Gasteiger partial charge in [0.05, 0.1) is 11.0 Å². The highest BCUT2D eigenvalue weighted by molar-refractivity contribution is 5.85. The lowest BCUT2D eigenvalue weighted by Gasteiger charge is -2.37. The molecule has 8 heteroatoms. The third-order valence-corrected chi connectivity index (χ3v) is 4.01. The number of nitrogens with zero attached hydrogens (tertiary/aromatic N) is 3. The molecule has 2 N–H and O–H groups in total. The van der Waals surface area contributed by atoms with E-state index in [0.717, 1.165) is 0 Å². The third-order valence-electron chi connectivity index (χ3n) is 4.01. The number of carbonyl (C=O) groups excluding carboxylic acids is 1. The van der Waals surface area contributed by atoms with Crippen LogP contribution in [0.15, 0.2) is 24.3 Å². The van der Waals surface area contributed by atoms with Crippen LogP contribution >= 0.6 is 12.4 Å². The summed E-state index contributed by atoms with van der Waals surface area (Å²) in [5, 5.41) is 11.1. The number of anilines is 1. The number of amides is 1. The van der Waals surface area contributed by atoms with Crippen LogP contribution in [0, 0.1) is 16.0 Å². The highest BCUT2D eigenvalue weighted by Gasteiger charge is 2.28. The molecule has 0 radical (unpaired) electrons. The Morgan fingerprint density at radius 2 is 1.78 bits per heavy atom. The summed E-state index contributed by atoms with van der Waals surface area (Å²) in [6.07, 6.45) is 0. The van der Waals surface area contributed by atoms with Crippen molar-refractivity contribution in [3.05, 3.63) is 34.4 Å². The van der Waals surface area contributed by atoms with Crippen LogP contribution < -0.4 is 10.6 Å². The Hall–Kier alpha value is -1.86. The third kappa shape index (κ3) is 4.33. The minimum absolute atomic E-state index is 0. The highest BCUT2D eigenvalue weighted by Crippen LogP contribution is 2.28. The molecule has 0 saturated carbocycles. The zero-order valence-electron chi connectivity index (χ0n) is 13.3. The normalized spacial score (nSPS) is 16.0. The van der Waals surface area contributed by atoms with Gasteiger partial charge in [0, 0.05) is 32.2 Å². The van der Waals surface area contributed by atoms with Gasteiger partial charge in [-0.25, -0.2) is 0 Å². The van der Waals surface area contributed by atoms with E-state index in [1.54, 1.807) is 23.1 Å². The summed E-state index contributed by atoms with van der Waals surface area (Å²) in [6.45, 7) is 6.05. The summed E-state index contributed by atoms with van der Waals surface area (Å²) >= 11 is 0. The second-order valence-corrected chi connectivity index (χ2v) is 5.83. The number of hydrogen-bond donors (Lipinski definition) is 1. The minimum Gasteiger partial charge on any atom is -0.362 e. The summed E-state index contributed by atoms with van der Waals surface area (Å²) in [5.41, 5.74) is 6.61. The molecule has 0 aliphatic carbocycles. The van der Waals surface area contributed by atoms with Crippen LogP contribution in [-0.4, -0.2) is 48.0 Å². The quantitative estimate of drug-likeness (QED) is 0.663. The molecule has 23 heavy (non-hydrogen) atoms. The topological polar surface area (TPSA) is 92.7 Å². The van der Waals surface area contributed by atoms with Gasteiger partial charge in [-0.05, 0) is 12.0 Å². The predicted octanol–water partition coefficient (Wildman–Crippen LogP) is 1.65. The summed E-state index contributed by atoms with van der Waals surface area (Å²) in [5.74, 6) is 0.0537. The monoisotopic (exact) mass is 342 g/mol. The first kappa shape index (κ1) is 19.2. The Balaban J connectivity index is 0.00000264. The van der Waals surface area contributed by atoms with E-state index >= 15 is 0 Å². The van der Waals surface area contributed by atoms with Crippen LogP contribution in [0.4, 0.5) is 11.4 Å². The molecule has 0 aromatic heterocycles. The molecule has 1 aliphatic heterocycles. The van der Waals surface area contributed by atoms with Crippen LogP contribution in [0.5, 0.6) is 0 Å². The van der Waals surface area contributed by atoms with Crippen molar-refractivity contribution in [1.82, 2.24) is 4.90 Å². The van der Waals surface area contributed by atoms with Gasteiger partial charge < -0.3 is 15.5 Å². The van der Waals surface area contributed by atoms with E-state index in [9.17, 15) is 14.9 Å². The number of nitro groups is 1. The maximum Gasteiger partial charge on any atom is 0.292 e. The molecule has 7 nitrogen and oxygen atoms in total. The largest absolute Gasteiger partial charge is 0.362 e. The maximum absolute atomic E-state index is 12.2. The standard InChI is InChI=1S/C15H22N4O3.ClH/c1-11(2)14(16)15(20)18-9-7-17(8-10-18)12-5-3-4-6-13(12)19(21)22;/h3-6,11,14H,7-10,16H2,1-2H3;1H/t14-;/m1./s1. The molecule has 128 valence electrons. The zero-order valence-corrected chi connectivity index (χ0v) is 14.2. The molecule has 1 saturated heterocycles. The van der Waals surface area contributed by atoms with E-state index in [1.807, 2.05) is 18.7 Å². The van der Waals surface area contributed by atoms with E-state index in [4.69, 9.17) is 5.73 Å². The first-order valence-corrected chi connectivity index (χ1v) is 7.44. The number of para-hydroxylation sites is 2. The molecule has 1 aliphatic rings. The number of benzene rings is 1. The molecule has 1 aromatic rings. The van der Waals surface area contributed by atoms with Gasteiger partial charge in [-0.15, -0.1) is 12.4 Å². The Morgan fingerprint density at radius 1 is 1.22 bits per heavy atom. The number of carbonyl (C=O) groups is 1. The first-order valence-electron chi connectivity index (χ1n) is 7.44. The molecule has 0 bridgehead atoms. The van der Waals surface area contributed by atoms with Crippen LogP contribution in [0.3, 0.4) is 0 Å². The predicted molar refractivity (Wildman–Crippen MR) is 92.0 cm³/mol. The lowest BCUT2D eigenvalue weighted by atomic mass is 10.0. The molecule has 1 atom stereocenters. The molecule has 1 heterocycles. The van der Waals surface area contributed by atoms with Gasteiger partial charge in [-0.3, -0.25) is 14.9 Å². The number of rotatable bonds is 4. The van der Waals surface area contributed by atoms with Crippen molar-refractivity contribution in [2.45, 2.75) is 19.9 Å². The van der Waals surface area contributed by atoms with Crippen molar-refractivity contribution >= 4 is 29.7 Å². The molecular weight excluding hydrogens is 320 g/mol. The van der Waals surface area contributed by atoms with E-state index in [1.165, 1.54) is 6.07 Å². The smallest absolute Gasteiger partial charge is 0.292 e. The van der Waals surface area contributed by atoms with Gasteiger partial charge in [0.15, 0.2) is 0 Å². The van der Waals surface area contributed by atoms with Crippen molar-refractivity contribution in [3.63, 3.8) is 0 Å². The van der Waals surface area contributed by atoms with E-state index in [2.05, 4.69) is 0 Å². The first-order chi connectivity index (χ1) is 10.4. The Morgan fingerprint density at radius 3 is 2.30 bits per heavy atom. The van der Waals surface area contributed by atoms with Crippen LogP contribution in [0.2, 0.25) is 0 Å². The molecule has 2 rings (SSSR count). The summed E-state index contributed by atoms with van der Waals surface area (Å²) in [6, 6.07) is 6.20. The molecular formula is C15H23ClN4O3. The molecule has 0 unspecified atom stereocenters. The van der Waals surface area contributed by atoms with Gasteiger partial charge >= 0.3 is 0 Å². The van der Waals surface area contributed by atoms with Crippen LogP contribution in [0.25, 0.3) is 0 Å². The van der Waals surface area contributed by atoms with Crippen LogP contribution in [0.1, 0.15) is 13.8 Å². The van der Waals surface area contributed by atoms with Crippen molar-refractivity contribution < 1.29 is 9.72 Å². The Labute approximate surface area is 142 Å². The van der Waals surface area contributed by atoms with E-state index in [-0.39, 0.29) is 34.8 Å². The van der Waals surface area contributed by atoms with E-state index in [0.29, 0.717) is 31.9 Å². The number of nitro benzene ring substituents is 1. The lowest BCUT2D eigenvalue weighted by molar-refractivity contribution is -0.384. The summed E-state index contributed by atoms with van der Waals surface area (Å²) in [4.78, 5) is 26.7. The molecule has 1 fully saturated rings. The van der Waals surface area contributed by atoms with Crippen molar-refractivity contribution in [3.8, 4) is 0 Å². The van der Waals surface area contributed by atoms with Gasteiger partial charge in [0.2, 0.25) is 5.91 Å². The number of nitrogens with two attached hydrogens (primary N) is 1. The zero-order chi connectivity index (χ0) is 16.3. The maximum atomic E-state index is 12.2. The van der Waals surface area contributed by atoms with Crippen molar-refractivity contribution in [2.24, 2.45) is 11.7 Å². The molecule has 0 spiro atoms. The number of hydrogen-bond acceptors (Lipinski definition) is 5. The number of piperazine rings is 1. The number of halogens is 1. The molecule has 1 aromatic carbocycles. The van der Waals surface area contributed by atoms with Crippen LogP contribution in [-0.2, 0) is 4.79 Å². The van der Waals surface area contributed by atoms with Gasteiger partial charge in [-0.2, -0.15) is 0 Å².